The van der Waals surface area contributed by atoms with Gasteiger partial charge in [0.15, 0.2) is 11.6 Å². The van der Waals surface area contributed by atoms with E-state index in [1.165, 1.54) is 12.0 Å². The van der Waals surface area contributed by atoms with E-state index in [0.29, 0.717) is 5.92 Å². The average molecular weight is 532 g/mol. The molecule has 5 aliphatic rings. The van der Waals surface area contributed by atoms with Gasteiger partial charge < -0.3 is 5.32 Å². The Bertz CT molecular complexity index is 1250. The van der Waals surface area contributed by atoms with Crippen LogP contribution in [0.2, 0.25) is 0 Å². The zero-order valence-electron chi connectivity index (χ0n) is 25.8. The van der Waals surface area contributed by atoms with Crippen LogP contribution in [-0.2, 0) is 9.59 Å². The minimum atomic E-state index is -0.628. The molecule has 0 saturated heterocycles. The average Bonchev–Trinajstić information content (AvgIpc) is 2.86. The summed E-state index contributed by atoms with van der Waals surface area (Å²) in [5.41, 5.74) is 0.324. The number of hydrogen-bond donors (Lipinski definition) is 1. The van der Waals surface area contributed by atoms with Gasteiger partial charge in [0.1, 0.15) is 6.07 Å². The molecule has 1 N–H and O–H groups in total. The summed E-state index contributed by atoms with van der Waals surface area (Å²) in [6.07, 6.45) is 11.4. The van der Waals surface area contributed by atoms with Gasteiger partial charge in [0.2, 0.25) is 0 Å². The van der Waals surface area contributed by atoms with Crippen molar-refractivity contribution in [1.29, 1.82) is 5.26 Å². The fraction of sp³-hybridized carbons (Fsp3) is 0.765. The van der Waals surface area contributed by atoms with Crippen molar-refractivity contribution >= 4 is 17.4 Å². The van der Waals surface area contributed by atoms with Crippen molar-refractivity contribution in [2.75, 3.05) is 13.6 Å². The molecular formula is C34H49N3O2. The van der Waals surface area contributed by atoms with Gasteiger partial charge in [-0.05, 0) is 91.4 Å². The molecule has 5 rings (SSSR count). The molecule has 0 aromatic heterocycles. The van der Waals surface area contributed by atoms with E-state index in [2.05, 4.69) is 51.0 Å². The van der Waals surface area contributed by atoms with Gasteiger partial charge in [0.25, 0.3) is 0 Å². The van der Waals surface area contributed by atoms with E-state index in [0.717, 1.165) is 50.9 Å². The van der Waals surface area contributed by atoms with E-state index in [-0.39, 0.29) is 50.6 Å². The van der Waals surface area contributed by atoms with E-state index in [1.54, 1.807) is 0 Å². The molecule has 7 atom stereocenters. The number of Topliss-reactive ketones (excluding diaryl/α,β-unsaturated/α-hetero) is 1. The van der Waals surface area contributed by atoms with Crippen LogP contribution in [0.1, 0.15) is 100 Å². The normalized spacial score (nSPS) is 44.5. The van der Waals surface area contributed by atoms with Gasteiger partial charge in [0.05, 0.1) is 11.4 Å². The molecule has 212 valence electrons. The molecule has 0 aromatic rings. The first-order valence-corrected chi connectivity index (χ1v) is 15.1. The van der Waals surface area contributed by atoms with Gasteiger partial charge >= 0.3 is 0 Å². The summed E-state index contributed by atoms with van der Waals surface area (Å²) in [5, 5.41) is 13.6. The highest BCUT2D eigenvalue weighted by atomic mass is 16.1. The second-order valence-corrected chi connectivity index (χ2v) is 15.8. The minimum Gasteiger partial charge on any atom is -0.374 e. The number of nitrogens with one attached hydrogen (secondary N) is 1. The zero-order valence-corrected chi connectivity index (χ0v) is 25.8. The van der Waals surface area contributed by atoms with Crippen molar-refractivity contribution in [3.8, 4) is 6.07 Å². The summed E-state index contributed by atoms with van der Waals surface area (Å²) in [4.78, 5) is 32.2. The predicted octanol–water partition coefficient (Wildman–Crippen LogP) is 6.84. The molecule has 0 spiro atoms. The molecule has 0 aliphatic heterocycles. The molecule has 39 heavy (non-hydrogen) atoms. The van der Waals surface area contributed by atoms with Gasteiger partial charge in [-0.2, -0.15) is 5.26 Å². The van der Waals surface area contributed by atoms with Gasteiger partial charge in [0, 0.05) is 30.3 Å². The van der Waals surface area contributed by atoms with Gasteiger partial charge in [-0.15, -0.1) is 0 Å². The Kier molecular flexibility index (Phi) is 6.27. The number of carbonyl (C=O) groups is 2. The highest BCUT2D eigenvalue weighted by Crippen LogP contribution is 2.74. The van der Waals surface area contributed by atoms with Crippen LogP contribution in [0.25, 0.3) is 0 Å². The monoisotopic (exact) mass is 531 g/mol. The molecule has 5 nitrogen and oxygen atoms in total. The van der Waals surface area contributed by atoms with Crippen molar-refractivity contribution in [2.45, 2.75) is 100 Å². The minimum absolute atomic E-state index is 0.0157. The summed E-state index contributed by atoms with van der Waals surface area (Å²) in [6, 6.07) is 2.21. The maximum absolute atomic E-state index is 14.6. The number of hydrogen-bond acceptors (Lipinski definition) is 4. The second kappa shape index (κ2) is 8.64. The molecule has 0 unspecified atom stereocenters. The van der Waals surface area contributed by atoms with Gasteiger partial charge in [-0.3, -0.25) is 14.6 Å². The number of ketones is 2. The topological polar surface area (TPSA) is 82.3 Å². The number of allylic oxidation sites excluding steroid dienone is 4. The van der Waals surface area contributed by atoms with Crippen molar-refractivity contribution < 1.29 is 9.59 Å². The summed E-state index contributed by atoms with van der Waals surface area (Å²) >= 11 is 0. The molecule has 3 saturated carbocycles. The Labute approximate surface area is 236 Å². The number of carbonyl (C=O) groups excluding carboxylic acids is 2. The molecule has 0 amide bonds. The number of amidine groups is 1. The Morgan fingerprint density at radius 3 is 2.36 bits per heavy atom. The highest BCUT2D eigenvalue weighted by molar-refractivity contribution is 6.04. The summed E-state index contributed by atoms with van der Waals surface area (Å²) in [6.45, 7) is 18.7. The molecule has 0 heterocycles. The quantitative estimate of drug-likeness (QED) is 0.312. The molecule has 0 bridgehead atoms. The molecular weight excluding hydrogens is 482 g/mol. The van der Waals surface area contributed by atoms with E-state index in [1.807, 2.05) is 40.0 Å². The molecule has 5 heteroatoms. The number of fused-ring (bicyclic) bond motifs is 7. The lowest BCUT2D eigenvalue weighted by atomic mass is 9.34. The van der Waals surface area contributed by atoms with Crippen LogP contribution in [0.15, 0.2) is 28.3 Å². The third-order valence-electron chi connectivity index (χ3n) is 13.1. The lowest BCUT2D eigenvalue weighted by molar-refractivity contribution is -0.170. The first-order chi connectivity index (χ1) is 18.0. The number of aliphatic imine (C=N–C) groups is 1. The Morgan fingerprint density at radius 2 is 1.72 bits per heavy atom. The van der Waals surface area contributed by atoms with Crippen molar-refractivity contribution in [1.82, 2.24) is 5.32 Å². The van der Waals surface area contributed by atoms with Crippen LogP contribution in [0.3, 0.4) is 0 Å². The summed E-state index contributed by atoms with van der Waals surface area (Å²) in [7, 11) is 1.83. The van der Waals surface area contributed by atoms with Crippen LogP contribution in [0.5, 0.6) is 0 Å². The molecule has 0 aromatic carbocycles. The maximum atomic E-state index is 14.6. The van der Waals surface area contributed by atoms with Crippen LogP contribution in [0, 0.1) is 61.6 Å². The van der Waals surface area contributed by atoms with Crippen molar-refractivity contribution in [2.24, 2.45) is 55.2 Å². The first kappa shape index (κ1) is 28.3. The van der Waals surface area contributed by atoms with E-state index >= 15 is 0 Å². The Balaban J connectivity index is 1.65. The SMILES string of the molecule is C/N=C(\C)NC[C@]12CCC(C)(C)C[C@H]1[C@H]1C(=O)C=C3[C@@]4(C)C=C(C#N)C(=O)C(C)(C)[C@@H]4CC[C@@]3(C)[C@]1(C)CC2. The molecule has 0 radical (unpaired) electrons. The van der Waals surface area contributed by atoms with Crippen molar-refractivity contribution in [3.05, 3.63) is 23.3 Å². The Morgan fingerprint density at radius 1 is 1.05 bits per heavy atom. The number of rotatable bonds is 2. The van der Waals surface area contributed by atoms with Gasteiger partial charge in [-0.1, -0.05) is 60.1 Å². The summed E-state index contributed by atoms with van der Waals surface area (Å²) in [5.74, 6) is 1.58. The standard InChI is InChI=1S/C34H49N3O2/c1-21(36-9)37-20-34-14-12-29(2,3)18-23(34)27-24(38)16-26-31(6)17-22(19-35)28(39)30(4,5)25(31)10-11-32(26,7)33(27,8)13-15-34/h16-17,23,25,27H,10-15,18,20H2,1-9H3,(H,36,37)/t23-,25-,27-,31-,32+,33+,34+/m0/s1. The van der Waals surface area contributed by atoms with Crippen LogP contribution in [-0.4, -0.2) is 31.0 Å². The lowest BCUT2D eigenvalue weighted by Gasteiger charge is -2.69. The van der Waals surface area contributed by atoms with E-state index in [4.69, 9.17) is 0 Å². The van der Waals surface area contributed by atoms with E-state index < -0.39 is 10.8 Å². The summed E-state index contributed by atoms with van der Waals surface area (Å²) < 4.78 is 0. The van der Waals surface area contributed by atoms with Crippen LogP contribution < -0.4 is 5.32 Å². The second-order valence-electron chi connectivity index (χ2n) is 15.8. The fourth-order valence-corrected chi connectivity index (χ4v) is 10.4. The lowest BCUT2D eigenvalue weighted by Crippen LogP contribution is -2.65. The largest absolute Gasteiger partial charge is 0.374 e. The van der Waals surface area contributed by atoms with Crippen LogP contribution >= 0.6 is 0 Å². The highest BCUT2D eigenvalue weighted by Gasteiger charge is 2.69. The van der Waals surface area contributed by atoms with E-state index in [9.17, 15) is 14.9 Å². The predicted molar refractivity (Wildman–Crippen MR) is 156 cm³/mol. The fourth-order valence-electron chi connectivity index (χ4n) is 10.4. The zero-order chi connectivity index (χ0) is 28.8. The van der Waals surface area contributed by atoms with Crippen molar-refractivity contribution in [3.63, 3.8) is 0 Å². The number of nitriles is 1. The third-order valence-corrected chi connectivity index (χ3v) is 13.1. The van der Waals surface area contributed by atoms with Gasteiger partial charge in [-0.25, -0.2) is 0 Å². The maximum Gasteiger partial charge on any atom is 0.178 e. The molecule has 5 aliphatic carbocycles. The number of nitrogens with zero attached hydrogens (tertiary/aromatic N) is 2. The Hall–Kier alpha value is -2.22. The third kappa shape index (κ3) is 3.72. The molecule has 3 fully saturated rings. The smallest absolute Gasteiger partial charge is 0.178 e. The first-order valence-electron chi connectivity index (χ1n) is 15.1. The van der Waals surface area contributed by atoms with Crippen LogP contribution in [0.4, 0.5) is 0 Å².